The van der Waals surface area contributed by atoms with Gasteiger partial charge in [0.2, 0.25) is 5.95 Å². The van der Waals surface area contributed by atoms with E-state index in [1.54, 1.807) is 6.20 Å². The third-order valence-electron chi connectivity index (χ3n) is 5.26. The van der Waals surface area contributed by atoms with Gasteiger partial charge in [0.1, 0.15) is 5.39 Å². The highest BCUT2D eigenvalue weighted by Crippen LogP contribution is 2.22. The van der Waals surface area contributed by atoms with Crippen molar-refractivity contribution in [1.82, 2.24) is 19.7 Å². The molecule has 3 aromatic rings. The molecule has 0 bridgehead atoms. The van der Waals surface area contributed by atoms with E-state index in [0.29, 0.717) is 17.0 Å². The number of benzene rings is 1. The van der Waals surface area contributed by atoms with E-state index >= 15 is 0 Å². The minimum Gasteiger partial charge on any atom is -0.370 e. The van der Waals surface area contributed by atoms with Gasteiger partial charge < -0.3 is 9.80 Å². The Labute approximate surface area is 165 Å². The standard InChI is InChI=1S/C21H28N6O/c1-15-6-8-16(9-7-15)25-10-5-11-26(13-12-25)20-23-18-17(19(28)24-20)14-22-27(18)21(2,3)4/h6-9,14H,5,10-13H2,1-4H3,(H,23,24,28). The molecule has 28 heavy (non-hydrogen) atoms. The fourth-order valence-electron chi connectivity index (χ4n) is 3.69. The molecule has 1 aliphatic rings. The molecule has 7 heteroatoms. The van der Waals surface area contributed by atoms with Gasteiger partial charge in [-0.05, 0) is 46.2 Å². The zero-order valence-electron chi connectivity index (χ0n) is 17.1. The summed E-state index contributed by atoms with van der Waals surface area (Å²) in [6.45, 7) is 11.9. The average molecular weight is 380 g/mol. The lowest BCUT2D eigenvalue weighted by Gasteiger charge is -2.24. The quantitative estimate of drug-likeness (QED) is 0.740. The number of anilines is 2. The Bertz CT molecular complexity index is 1030. The van der Waals surface area contributed by atoms with E-state index in [2.05, 4.69) is 71.8 Å². The zero-order chi connectivity index (χ0) is 19.9. The van der Waals surface area contributed by atoms with Gasteiger partial charge in [-0.3, -0.25) is 9.78 Å². The number of hydrogen-bond donors (Lipinski definition) is 1. The van der Waals surface area contributed by atoms with Crippen molar-refractivity contribution >= 4 is 22.7 Å². The molecule has 0 unspecified atom stereocenters. The second-order valence-corrected chi connectivity index (χ2v) is 8.52. The lowest BCUT2D eigenvalue weighted by Crippen LogP contribution is -2.33. The Morgan fingerprint density at radius 3 is 2.39 bits per heavy atom. The Morgan fingerprint density at radius 1 is 1.00 bits per heavy atom. The van der Waals surface area contributed by atoms with Crippen molar-refractivity contribution in [3.8, 4) is 0 Å². The molecule has 7 nitrogen and oxygen atoms in total. The summed E-state index contributed by atoms with van der Waals surface area (Å²) in [7, 11) is 0. The number of aromatic amines is 1. The van der Waals surface area contributed by atoms with Gasteiger partial charge in [0.25, 0.3) is 5.56 Å². The number of nitrogens with zero attached hydrogens (tertiary/aromatic N) is 5. The molecule has 2 aromatic heterocycles. The van der Waals surface area contributed by atoms with Crippen LogP contribution in [0.3, 0.4) is 0 Å². The van der Waals surface area contributed by atoms with E-state index in [0.717, 1.165) is 32.6 Å². The number of rotatable bonds is 2. The highest BCUT2D eigenvalue weighted by atomic mass is 16.1. The molecular weight excluding hydrogens is 352 g/mol. The summed E-state index contributed by atoms with van der Waals surface area (Å²) in [5.74, 6) is 0.634. The first kappa shape index (κ1) is 18.5. The molecule has 1 aromatic carbocycles. The minimum absolute atomic E-state index is 0.130. The number of aryl methyl sites for hydroxylation is 1. The van der Waals surface area contributed by atoms with E-state index in [9.17, 15) is 4.79 Å². The van der Waals surface area contributed by atoms with Crippen molar-refractivity contribution in [2.75, 3.05) is 36.0 Å². The number of hydrogen-bond acceptors (Lipinski definition) is 5. The minimum atomic E-state index is -0.235. The van der Waals surface area contributed by atoms with Crippen molar-refractivity contribution in [1.29, 1.82) is 0 Å². The smallest absolute Gasteiger partial charge is 0.263 e. The largest absolute Gasteiger partial charge is 0.370 e. The number of fused-ring (bicyclic) bond motifs is 1. The molecule has 0 saturated carbocycles. The number of aromatic nitrogens is 4. The fraction of sp³-hybridized carbons (Fsp3) is 0.476. The summed E-state index contributed by atoms with van der Waals surface area (Å²) in [6.07, 6.45) is 2.62. The molecule has 0 radical (unpaired) electrons. The van der Waals surface area contributed by atoms with Gasteiger partial charge in [0.15, 0.2) is 5.65 Å². The highest BCUT2D eigenvalue weighted by molar-refractivity contribution is 5.74. The fourth-order valence-corrected chi connectivity index (χ4v) is 3.69. The Kier molecular flexibility index (Phi) is 4.61. The maximum absolute atomic E-state index is 12.6. The van der Waals surface area contributed by atoms with Crippen LogP contribution in [0.15, 0.2) is 35.3 Å². The molecule has 3 heterocycles. The van der Waals surface area contributed by atoms with Gasteiger partial charge in [0, 0.05) is 31.9 Å². The van der Waals surface area contributed by atoms with Crippen molar-refractivity contribution in [2.24, 2.45) is 0 Å². The third kappa shape index (κ3) is 3.48. The second kappa shape index (κ2) is 6.96. The molecule has 0 amide bonds. The lowest BCUT2D eigenvalue weighted by molar-refractivity contribution is 0.366. The third-order valence-corrected chi connectivity index (χ3v) is 5.26. The summed E-state index contributed by atoms with van der Waals surface area (Å²) < 4.78 is 1.83. The zero-order valence-corrected chi connectivity index (χ0v) is 17.1. The first-order valence-electron chi connectivity index (χ1n) is 9.88. The van der Waals surface area contributed by atoms with Crippen LogP contribution in [0.2, 0.25) is 0 Å². The maximum Gasteiger partial charge on any atom is 0.263 e. The summed E-state index contributed by atoms with van der Waals surface area (Å²) >= 11 is 0. The molecule has 148 valence electrons. The van der Waals surface area contributed by atoms with Crippen LogP contribution in [0.25, 0.3) is 11.0 Å². The van der Waals surface area contributed by atoms with E-state index in [4.69, 9.17) is 4.98 Å². The second-order valence-electron chi connectivity index (χ2n) is 8.52. The number of H-pyrrole nitrogens is 1. The lowest BCUT2D eigenvalue weighted by atomic mass is 10.1. The van der Waals surface area contributed by atoms with Crippen molar-refractivity contribution < 1.29 is 0 Å². The molecule has 0 atom stereocenters. The van der Waals surface area contributed by atoms with Crippen LogP contribution in [0.1, 0.15) is 32.8 Å². The first-order valence-corrected chi connectivity index (χ1v) is 9.88. The molecule has 1 aliphatic heterocycles. The molecular formula is C21H28N6O. The van der Waals surface area contributed by atoms with E-state index in [-0.39, 0.29) is 11.1 Å². The predicted molar refractivity (Wildman–Crippen MR) is 113 cm³/mol. The Hall–Kier alpha value is -2.83. The summed E-state index contributed by atoms with van der Waals surface area (Å²) in [5, 5.41) is 4.94. The molecule has 1 fully saturated rings. The van der Waals surface area contributed by atoms with Crippen LogP contribution in [0.5, 0.6) is 0 Å². The van der Waals surface area contributed by atoms with Gasteiger partial charge in [-0.25, -0.2) is 4.68 Å². The van der Waals surface area contributed by atoms with Gasteiger partial charge in [-0.1, -0.05) is 17.7 Å². The summed E-state index contributed by atoms with van der Waals surface area (Å²) in [4.78, 5) is 24.9. The van der Waals surface area contributed by atoms with E-state index in [1.165, 1.54) is 11.3 Å². The van der Waals surface area contributed by atoms with Gasteiger partial charge >= 0.3 is 0 Å². The average Bonchev–Trinajstić information content (AvgIpc) is 2.94. The molecule has 0 spiro atoms. The first-order chi connectivity index (χ1) is 13.3. The molecule has 1 saturated heterocycles. The van der Waals surface area contributed by atoms with Crippen LogP contribution in [0, 0.1) is 6.92 Å². The molecule has 0 aliphatic carbocycles. The summed E-state index contributed by atoms with van der Waals surface area (Å²) in [6, 6.07) is 8.66. The van der Waals surface area contributed by atoms with Gasteiger partial charge in [0.05, 0.1) is 11.7 Å². The van der Waals surface area contributed by atoms with Crippen molar-refractivity contribution in [3.63, 3.8) is 0 Å². The van der Waals surface area contributed by atoms with Crippen LogP contribution < -0.4 is 15.4 Å². The van der Waals surface area contributed by atoms with Gasteiger partial charge in [-0.2, -0.15) is 10.1 Å². The van der Waals surface area contributed by atoms with Crippen molar-refractivity contribution in [2.45, 2.75) is 39.7 Å². The Morgan fingerprint density at radius 2 is 1.68 bits per heavy atom. The van der Waals surface area contributed by atoms with Crippen LogP contribution >= 0.6 is 0 Å². The predicted octanol–water partition coefficient (Wildman–Crippen LogP) is 2.90. The van der Waals surface area contributed by atoms with Gasteiger partial charge in [-0.15, -0.1) is 0 Å². The molecule has 1 N–H and O–H groups in total. The van der Waals surface area contributed by atoms with E-state index < -0.39 is 0 Å². The van der Waals surface area contributed by atoms with Crippen LogP contribution in [0.4, 0.5) is 11.6 Å². The highest BCUT2D eigenvalue weighted by Gasteiger charge is 2.22. The Balaban J connectivity index is 1.61. The SMILES string of the molecule is Cc1ccc(N2CCCN(c3nc4c(cnn4C(C)(C)C)c(=O)[nH]3)CC2)cc1. The molecule has 4 rings (SSSR count). The summed E-state index contributed by atoms with van der Waals surface area (Å²) in [5.41, 5.74) is 2.79. The van der Waals surface area contributed by atoms with Crippen LogP contribution in [-0.4, -0.2) is 45.9 Å². The topological polar surface area (TPSA) is 70.1 Å². The maximum atomic E-state index is 12.6. The normalized spacial score (nSPS) is 15.9. The van der Waals surface area contributed by atoms with Crippen molar-refractivity contribution in [3.05, 3.63) is 46.4 Å². The van der Waals surface area contributed by atoms with E-state index in [1.807, 2.05) is 4.68 Å². The number of nitrogens with one attached hydrogen (secondary N) is 1. The monoisotopic (exact) mass is 380 g/mol. The van der Waals surface area contributed by atoms with Crippen LogP contribution in [-0.2, 0) is 5.54 Å².